The molecule has 1 fully saturated rings. The van der Waals surface area contributed by atoms with Gasteiger partial charge in [-0.15, -0.1) is 0 Å². The highest BCUT2D eigenvalue weighted by atomic mass is 32.2. The lowest BCUT2D eigenvalue weighted by atomic mass is 9.95. The Kier molecular flexibility index (Phi) is 7.74. The van der Waals surface area contributed by atoms with E-state index in [2.05, 4.69) is 10.6 Å². The van der Waals surface area contributed by atoms with Gasteiger partial charge < -0.3 is 10.6 Å². The third-order valence-corrected chi connectivity index (χ3v) is 8.31. The largest absolute Gasteiger partial charge is 0.349 e. The minimum absolute atomic E-state index is 0.135. The lowest BCUT2D eigenvalue weighted by Gasteiger charge is -2.24. The molecule has 1 aliphatic carbocycles. The first-order chi connectivity index (χ1) is 17.3. The van der Waals surface area contributed by atoms with Gasteiger partial charge in [0.15, 0.2) is 0 Å². The van der Waals surface area contributed by atoms with E-state index in [0.717, 1.165) is 35.6 Å². The molecule has 0 spiro atoms. The molecule has 0 heterocycles. The zero-order valence-corrected chi connectivity index (χ0v) is 21.3. The first-order valence-corrected chi connectivity index (χ1v) is 13.6. The summed E-state index contributed by atoms with van der Waals surface area (Å²) < 4.78 is 27.6. The van der Waals surface area contributed by atoms with Crippen molar-refractivity contribution in [1.82, 2.24) is 5.32 Å². The Morgan fingerprint density at radius 2 is 1.42 bits per heavy atom. The number of carbonyl (C=O) groups excluding carboxylic acids is 2. The fraction of sp³-hybridized carbons (Fsp3) is 0.286. The number of aryl methyl sites for hydroxylation is 1. The van der Waals surface area contributed by atoms with Crippen molar-refractivity contribution in [3.63, 3.8) is 0 Å². The van der Waals surface area contributed by atoms with E-state index in [-0.39, 0.29) is 28.1 Å². The molecule has 3 aromatic rings. The maximum absolute atomic E-state index is 13.3. The van der Waals surface area contributed by atoms with E-state index in [1.165, 1.54) is 13.5 Å². The van der Waals surface area contributed by atoms with E-state index in [0.29, 0.717) is 11.3 Å². The van der Waals surface area contributed by atoms with E-state index in [1.54, 1.807) is 72.8 Å². The van der Waals surface area contributed by atoms with Gasteiger partial charge in [0.1, 0.15) is 0 Å². The second-order valence-corrected chi connectivity index (χ2v) is 11.1. The summed E-state index contributed by atoms with van der Waals surface area (Å²) in [7, 11) is -2.46. The smallest absolute Gasteiger partial charge is 0.264 e. The zero-order chi connectivity index (χ0) is 25.7. The molecule has 0 bridgehead atoms. The third kappa shape index (κ3) is 5.60. The van der Waals surface area contributed by atoms with Crippen LogP contribution in [0, 0.1) is 6.92 Å². The van der Waals surface area contributed by atoms with Crippen LogP contribution in [0.3, 0.4) is 0 Å². The van der Waals surface area contributed by atoms with Crippen LogP contribution in [0.15, 0.2) is 77.7 Å². The highest BCUT2D eigenvalue weighted by Gasteiger charge is 2.26. The highest BCUT2D eigenvalue weighted by Crippen LogP contribution is 2.27. The van der Waals surface area contributed by atoms with Gasteiger partial charge in [-0.3, -0.25) is 13.9 Å². The summed E-state index contributed by atoms with van der Waals surface area (Å²) in [6, 6.07) is 20.0. The number of hydrogen-bond acceptors (Lipinski definition) is 4. The molecule has 2 amide bonds. The van der Waals surface area contributed by atoms with Crippen molar-refractivity contribution in [2.45, 2.75) is 50.0 Å². The van der Waals surface area contributed by atoms with Crippen LogP contribution in [0.5, 0.6) is 0 Å². The van der Waals surface area contributed by atoms with Gasteiger partial charge in [0.2, 0.25) is 0 Å². The Balaban J connectivity index is 1.58. The van der Waals surface area contributed by atoms with Crippen molar-refractivity contribution in [3.05, 3.63) is 89.5 Å². The lowest BCUT2D eigenvalue weighted by molar-refractivity contribution is 0.0928. The van der Waals surface area contributed by atoms with Crippen molar-refractivity contribution in [2.75, 3.05) is 16.7 Å². The first-order valence-electron chi connectivity index (χ1n) is 12.1. The molecule has 36 heavy (non-hydrogen) atoms. The normalized spacial score (nSPS) is 14.2. The quantitative estimate of drug-likeness (QED) is 0.465. The van der Waals surface area contributed by atoms with Gasteiger partial charge in [-0.05, 0) is 56.2 Å². The number of anilines is 2. The van der Waals surface area contributed by atoms with E-state index in [4.69, 9.17) is 0 Å². The molecular formula is C28H31N3O4S. The number of benzene rings is 3. The van der Waals surface area contributed by atoms with Gasteiger partial charge in [-0.1, -0.05) is 61.2 Å². The molecule has 0 atom stereocenters. The second-order valence-electron chi connectivity index (χ2n) is 9.11. The number of para-hydroxylation sites is 2. The molecular weight excluding hydrogens is 474 g/mol. The molecule has 4 rings (SSSR count). The second kappa shape index (κ2) is 11.0. The van der Waals surface area contributed by atoms with E-state index in [1.807, 2.05) is 6.92 Å². The molecule has 3 aromatic carbocycles. The highest BCUT2D eigenvalue weighted by molar-refractivity contribution is 7.92. The molecule has 0 unspecified atom stereocenters. The van der Waals surface area contributed by atoms with Crippen LogP contribution in [0.1, 0.15) is 58.4 Å². The molecule has 8 heteroatoms. The van der Waals surface area contributed by atoms with Crippen LogP contribution in [-0.4, -0.2) is 33.3 Å². The van der Waals surface area contributed by atoms with Gasteiger partial charge in [0, 0.05) is 13.1 Å². The number of hydrogen-bond donors (Lipinski definition) is 2. The van der Waals surface area contributed by atoms with Crippen LogP contribution >= 0.6 is 0 Å². The fourth-order valence-electron chi connectivity index (χ4n) is 4.43. The summed E-state index contributed by atoms with van der Waals surface area (Å²) >= 11 is 0. The van der Waals surface area contributed by atoms with Crippen molar-refractivity contribution >= 4 is 33.2 Å². The van der Waals surface area contributed by atoms with Crippen molar-refractivity contribution < 1.29 is 18.0 Å². The Bertz CT molecular complexity index is 1350. The summed E-state index contributed by atoms with van der Waals surface area (Å²) in [5.41, 5.74) is 2.10. The van der Waals surface area contributed by atoms with Crippen LogP contribution in [0.2, 0.25) is 0 Å². The van der Waals surface area contributed by atoms with Gasteiger partial charge in [0.05, 0.1) is 27.4 Å². The van der Waals surface area contributed by atoms with Gasteiger partial charge in [-0.25, -0.2) is 8.42 Å². The van der Waals surface area contributed by atoms with Gasteiger partial charge >= 0.3 is 0 Å². The van der Waals surface area contributed by atoms with Crippen LogP contribution in [0.4, 0.5) is 11.4 Å². The molecule has 0 aromatic heterocycles. The number of rotatable bonds is 7. The number of nitrogens with one attached hydrogen (secondary N) is 2. The average molecular weight is 506 g/mol. The molecule has 188 valence electrons. The Hall–Kier alpha value is -3.65. The summed E-state index contributed by atoms with van der Waals surface area (Å²) in [6.07, 6.45) is 5.29. The average Bonchev–Trinajstić information content (AvgIpc) is 2.89. The molecule has 2 N–H and O–H groups in total. The van der Waals surface area contributed by atoms with E-state index >= 15 is 0 Å². The van der Waals surface area contributed by atoms with E-state index in [9.17, 15) is 18.0 Å². The van der Waals surface area contributed by atoms with Crippen molar-refractivity contribution in [1.29, 1.82) is 0 Å². The van der Waals surface area contributed by atoms with Crippen LogP contribution < -0.4 is 14.9 Å². The predicted octanol–water partition coefficient (Wildman–Crippen LogP) is 5.13. The summed E-state index contributed by atoms with van der Waals surface area (Å²) in [5, 5.41) is 5.90. The molecule has 1 saturated carbocycles. The SMILES string of the molecule is Cc1ccc(S(=O)(=O)N(C)c2ccccc2C(=O)Nc2ccccc2C(=O)NC2CCCCC2)cc1. The molecule has 1 aliphatic rings. The van der Waals surface area contributed by atoms with Crippen molar-refractivity contribution in [3.8, 4) is 0 Å². The Labute approximate surface area is 212 Å². The summed E-state index contributed by atoms with van der Waals surface area (Å²) in [6.45, 7) is 1.88. The van der Waals surface area contributed by atoms with Gasteiger partial charge in [0.25, 0.3) is 21.8 Å². The lowest BCUT2D eigenvalue weighted by Crippen LogP contribution is -2.36. The Morgan fingerprint density at radius 3 is 2.11 bits per heavy atom. The van der Waals surface area contributed by atoms with Crippen LogP contribution in [-0.2, 0) is 10.0 Å². The molecule has 0 radical (unpaired) electrons. The zero-order valence-electron chi connectivity index (χ0n) is 20.5. The minimum atomic E-state index is -3.89. The standard InChI is InChI=1S/C28H31N3O4S/c1-20-16-18-22(19-17-20)36(34,35)31(2)26-15-9-7-13-24(26)28(33)30-25-14-8-6-12-23(25)27(32)29-21-10-4-3-5-11-21/h6-9,12-19,21H,3-5,10-11H2,1-2H3,(H,29,32)(H,30,33). The first kappa shape index (κ1) is 25.4. The number of carbonyl (C=O) groups is 2. The van der Waals surface area contributed by atoms with Gasteiger partial charge in [-0.2, -0.15) is 0 Å². The van der Waals surface area contributed by atoms with E-state index < -0.39 is 15.9 Å². The molecule has 0 aliphatic heterocycles. The van der Waals surface area contributed by atoms with Crippen LogP contribution in [0.25, 0.3) is 0 Å². The number of amides is 2. The molecule has 0 saturated heterocycles. The third-order valence-electron chi connectivity index (χ3n) is 6.53. The summed E-state index contributed by atoms with van der Waals surface area (Å²) in [5.74, 6) is -0.736. The molecule has 7 nitrogen and oxygen atoms in total. The topological polar surface area (TPSA) is 95.6 Å². The summed E-state index contributed by atoms with van der Waals surface area (Å²) in [4.78, 5) is 26.5. The number of nitrogens with zero attached hydrogens (tertiary/aromatic N) is 1. The number of sulfonamides is 1. The monoisotopic (exact) mass is 505 g/mol. The minimum Gasteiger partial charge on any atom is -0.349 e. The van der Waals surface area contributed by atoms with Crippen molar-refractivity contribution in [2.24, 2.45) is 0 Å². The predicted molar refractivity (Wildman–Crippen MR) is 142 cm³/mol. The Morgan fingerprint density at radius 1 is 0.806 bits per heavy atom. The fourth-order valence-corrected chi connectivity index (χ4v) is 5.64. The maximum atomic E-state index is 13.3. The maximum Gasteiger partial charge on any atom is 0.264 e.